The highest BCUT2D eigenvalue weighted by atomic mass is 32.2. The van der Waals surface area contributed by atoms with E-state index in [0.29, 0.717) is 11.3 Å². The van der Waals surface area contributed by atoms with E-state index in [1.54, 1.807) is 14.0 Å². The number of aliphatic imine (C=N–C) groups is 1. The fraction of sp³-hybridized carbons (Fsp3) is 0.667. The van der Waals surface area contributed by atoms with E-state index in [4.69, 9.17) is 0 Å². The maximum atomic E-state index is 12.5. The van der Waals surface area contributed by atoms with Gasteiger partial charge in [0.15, 0.2) is 0 Å². The number of likely N-dealkylation sites (N-methyl/N-ethyl adjacent to an activating group) is 1. The van der Waals surface area contributed by atoms with E-state index in [1.807, 2.05) is 25.9 Å². The molecule has 0 spiro atoms. The molecular weight excluding hydrogens is 384 g/mol. The van der Waals surface area contributed by atoms with Crippen LogP contribution in [0.3, 0.4) is 0 Å². The van der Waals surface area contributed by atoms with Gasteiger partial charge in [0.1, 0.15) is 17.6 Å². The molecule has 6 atom stereocenters. The van der Waals surface area contributed by atoms with Crippen molar-refractivity contribution in [2.75, 3.05) is 21.1 Å². The summed E-state index contributed by atoms with van der Waals surface area (Å²) in [4.78, 5) is 44.7. The Balaban J connectivity index is 1.91. The SMILES string of the molecule is CNC(=O)[C@@H]1CC(SC2=C(C(=O)O)N3C(=O)[C@H]([C@@H](C)O)[C@H]3[C@H]2C)C(N(C)C)=N1. The van der Waals surface area contributed by atoms with Crippen LogP contribution in [0.2, 0.25) is 0 Å². The number of amides is 2. The van der Waals surface area contributed by atoms with Gasteiger partial charge in [-0.2, -0.15) is 0 Å². The Morgan fingerprint density at radius 1 is 1.39 bits per heavy atom. The average molecular weight is 410 g/mol. The van der Waals surface area contributed by atoms with Crippen LogP contribution < -0.4 is 5.32 Å². The van der Waals surface area contributed by atoms with Gasteiger partial charge in [-0.1, -0.05) is 6.92 Å². The number of carbonyl (C=O) groups excluding carboxylic acids is 2. The number of thioether (sulfide) groups is 1. The number of carboxylic acid groups (broad SMARTS) is 1. The predicted molar refractivity (Wildman–Crippen MR) is 105 cm³/mol. The molecular formula is C18H26N4O5S. The number of nitrogens with one attached hydrogen (secondary N) is 1. The molecule has 0 radical (unpaired) electrons. The normalized spacial score (nSPS) is 32.6. The summed E-state index contributed by atoms with van der Waals surface area (Å²) >= 11 is 1.36. The Hall–Kier alpha value is -2.07. The number of amidine groups is 1. The van der Waals surface area contributed by atoms with Crippen molar-refractivity contribution in [3.8, 4) is 0 Å². The van der Waals surface area contributed by atoms with Crippen molar-refractivity contribution in [2.24, 2.45) is 16.8 Å². The maximum Gasteiger partial charge on any atom is 0.353 e. The quantitative estimate of drug-likeness (QED) is 0.533. The number of β-lactam (4-membered cyclic amide) rings is 1. The van der Waals surface area contributed by atoms with E-state index in [1.165, 1.54) is 16.7 Å². The molecule has 1 saturated heterocycles. The number of aliphatic hydroxyl groups excluding tert-OH is 1. The van der Waals surface area contributed by atoms with Crippen LogP contribution in [0.15, 0.2) is 15.6 Å². The molecule has 28 heavy (non-hydrogen) atoms. The van der Waals surface area contributed by atoms with E-state index in [-0.39, 0.29) is 34.7 Å². The smallest absolute Gasteiger partial charge is 0.353 e. The number of aliphatic hydroxyl groups is 1. The first-order valence-corrected chi connectivity index (χ1v) is 10.1. The lowest BCUT2D eigenvalue weighted by Crippen LogP contribution is -2.63. The number of hydrogen-bond donors (Lipinski definition) is 3. The fourth-order valence-electron chi connectivity index (χ4n) is 4.27. The monoisotopic (exact) mass is 410 g/mol. The first kappa shape index (κ1) is 20.7. The van der Waals surface area contributed by atoms with E-state index in [0.717, 1.165) is 5.84 Å². The highest BCUT2D eigenvalue weighted by Gasteiger charge is 2.60. The molecule has 0 bridgehead atoms. The molecule has 3 aliphatic heterocycles. The molecule has 0 aliphatic carbocycles. The van der Waals surface area contributed by atoms with Crippen molar-refractivity contribution in [1.82, 2.24) is 15.1 Å². The van der Waals surface area contributed by atoms with Crippen LogP contribution in [0.5, 0.6) is 0 Å². The molecule has 1 unspecified atom stereocenters. The third kappa shape index (κ3) is 3.08. The molecule has 3 heterocycles. The number of rotatable bonds is 5. The second kappa shape index (κ2) is 7.40. The Morgan fingerprint density at radius 3 is 2.54 bits per heavy atom. The van der Waals surface area contributed by atoms with Gasteiger partial charge in [0.2, 0.25) is 11.8 Å². The fourth-order valence-corrected chi connectivity index (χ4v) is 5.89. The molecule has 0 aromatic heterocycles. The minimum atomic E-state index is -1.15. The van der Waals surface area contributed by atoms with Crippen molar-refractivity contribution in [2.45, 2.75) is 43.7 Å². The van der Waals surface area contributed by atoms with Crippen LogP contribution in [-0.4, -0.2) is 88.2 Å². The Bertz CT molecular complexity index is 778. The largest absolute Gasteiger partial charge is 0.477 e. The summed E-state index contributed by atoms with van der Waals surface area (Å²) in [5.41, 5.74) is -0.00843. The summed E-state index contributed by atoms with van der Waals surface area (Å²) in [6.07, 6.45) is -0.377. The van der Waals surface area contributed by atoms with Crippen molar-refractivity contribution >= 4 is 35.4 Å². The van der Waals surface area contributed by atoms with Gasteiger partial charge in [-0.3, -0.25) is 14.6 Å². The van der Waals surface area contributed by atoms with E-state index < -0.39 is 24.0 Å². The lowest BCUT2D eigenvalue weighted by Gasteiger charge is -2.46. The standard InChI is InChI=1S/C18H26N4O5S/c1-7-12-11(8(2)23)17(25)22(12)13(18(26)27)14(7)28-10-6-9(16(24)19-3)20-15(10)21(4)5/h7-12,23H,6H2,1-5H3,(H,19,24)(H,26,27)/t7-,8-,9+,10?,11-,12-/m1/s1. The predicted octanol–water partition coefficient (Wildman–Crippen LogP) is -0.280. The van der Waals surface area contributed by atoms with Crippen molar-refractivity contribution in [3.05, 3.63) is 10.6 Å². The molecule has 10 heteroatoms. The minimum absolute atomic E-state index is 0.00843. The summed E-state index contributed by atoms with van der Waals surface area (Å²) < 4.78 is 0. The first-order valence-electron chi connectivity index (χ1n) is 9.22. The van der Waals surface area contributed by atoms with Crippen molar-refractivity contribution in [1.29, 1.82) is 0 Å². The molecule has 3 aliphatic rings. The van der Waals surface area contributed by atoms with Crippen LogP contribution in [0.25, 0.3) is 0 Å². The molecule has 2 amide bonds. The zero-order chi connectivity index (χ0) is 20.9. The van der Waals surface area contributed by atoms with Gasteiger partial charge in [-0.25, -0.2) is 4.79 Å². The van der Waals surface area contributed by atoms with Gasteiger partial charge in [0, 0.05) is 32.0 Å². The summed E-state index contributed by atoms with van der Waals surface area (Å²) in [6, 6.07) is -0.869. The Kier molecular flexibility index (Phi) is 5.46. The zero-order valence-electron chi connectivity index (χ0n) is 16.5. The van der Waals surface area contributed by atoms with E-state index in [9.17, 15) is 24.6 Å². The molecule has 9 nitrogen and oxygen atoms in total. The van der Waals surface area contributed by atoms with Gasteiger partial charge >= 0.3 is 5.97 Å². The first-order chi connectivity index (χ1) is 13.1. The molecule has 3 N–H and O–H groups in total. The van der Waals surface area contributed by atoms with E-state index >= 15 is 0 Å². The minimum Gasteiger partial charge on any atom is -0.477 e. The molecule has 0 aromatic rings. The average Bonchev–Trinajstić information content (AvgIpc) is 3.13. The second-order valence-electron chi connectivity index (χ2n) is 7.63. The summed E-state index contributed by atoms with van der Waals surface area (Å²) in [5.74, 6) is -1.77. The number of aliphatic carboxylic acids is 1. The second-order valence-corrected chi connectivity index (χ2v) is 8.87. The third-order valence-electron chi connectivity index (χ3n) is 5.60. The highest BCUT2D eigenvalue weighted by molar-refractivity contribution is 8.04. The Labute approximate surface area is 167 Å². The topological polar surface area (TPSA) is 123 Å². The number of nitrogens with zero attached hydrogens (tertiary/aromatic N) is 3. The summed E-state index contributed by atoms with van der Waals surface area (Å²) in [6.45, 7) is 3.44. The molecule has 1 fully saturated rings. The zero-order valence-corrected chi connectivity index (χ0v) is 17.4. The molecule has 3 rings (SSSR count). The van der Waals surface area contributed by atoms with Crippen molar-refractivity contribution < 1.29 is 24.6 Å². The van der Waals surface area contributed by atoms with Crippen LogP contribution in [0.4, 0.5) is 0 Å². The molecule has 0 saturated carbocycles. The maximum absolute atomic E-state index is 12.5. The third-order valence-corrected chi connectivity index (χ3v) is 7.11. The summed E-state index contributed by atoms with van der Waals surface area (Å²) in [7, 11) is 5.23. The molecule has 154 valence electrons. The number of fused-ring (bicyclic) bond motifs is 1. The van der Waals surface area contributed by atoms with Crippen LogP contribution in [0, 0.1) is 11.8 Å². The molecule has 0 aromatic carbocycles. The lowest BCUT2D eigenvalue weighted by atomic mass is 9.79. The summed E-state index contributed by atoms with van der Waals surface area (Å²) in [5, 5.41) is 22.1. The van der Waals surface area contributed by atoms with Gasteiger partial charge in [0.05, 0.1) is 23.3 Å². The highest BCUT2D eigenvalue weighted by Crippen LogP contribution is 2.52. The lowest BCUT2D eigenvalue weighted by molar-refractivity contribution is -0.163. The van der Waals surface area contributed by atoms with E-state index in [2.05, 4.69) is 10.3 Å². The van der Waals surface area contributed by atoms with Gasteiger partial charge in [-0.15, -0.1) is 11.8 Å². The van der Waals surface area contributed by atoms with Crippen LogP contribution in [0.1, 0.15) is 20.3 Å². The van der Waals surface area contributed by atoms with Gasteiger partial charge < -0.3 is 25.3 Å². The Morgan fingerprint density at radius 2 is 2.04 bits per heavy atom. The van der Waals surface area contributed by atoms with Crippen LogP contribution >= 0.6 is 11.8 Å². The van der Waals surface area contributed by atoms with Gasteiger partial charge in [0.25, 0.3) is 0 Å². The van der Waals surface area contributed by atoms with Crippen molar-refractivity contribution in [3.63, 3.8) is 0 Å². The number of hydrogen-bond acceptors (Lipinski definition) is 7. The van der Waals surface area contributed by atoms with Gasteiger partial charge in [-0.05, 0) is 13.3 Å². The number of carbonyl (C=O) groups is 3. The number of carboxylic acids is 1. The van der Waals surface area contributed by atoms with Crippen LogP contribution in [-0.2, 0) is 14.4 Å².